The van der Waals surface area contributed by atoms with Crippen LogP contribution in [0.4, 0.5) is 4.39 Å². The molecule has 0 radical (unpaired) electrons. The van der Waals surface area contributed by atoms with Crippen molar-refractivity contribution in [3.63, 3.8) is 0 Å². The van der Waals surface area contributed by atoms with Gasteiger partial charge in [0.1, 0.15) is 11.4 Å². The molecule has 126 valence electrons. The highest BCUT2D eigenvalue weighted by Crippen LogP contribution is 2.24. The number of ether oxygens (including phenoxy) is 1. The summed E-state index contributed by atoms with van der Waals surface area (Å²) in [6.07, 6.45) is 3.24. The van der Waals surface area contributed by atoms with E-state index in [1.54, 1.807) is 0 Å². The summed E-state index contributed by atoms with van der Waals surface area (Å²) in [6, 6.07) is 4.01. The van der Waals surface area contributed by atoms with E-state index in [0.29, 0.717) is 5.92 Å². The van der Waals surface area contributed by atoms with Crippen molar-refractivity contribution in [3.8, 4) is 0 Å². The summed E-state index contributed by atoms with van der Waals surface area (Å²) in [7, 11) is 0. The Morgan fingerprint density at radius 3 is 2.70 bits per heavy atom. The smallest absolute Gasteiger partial charge is 0.343 e. The van der Waals surface area contributed by atoms with Crippen molar-refractivity contribution in [3.05, 3.63) is 34.6 Å². The van der Waals surface area contributed by atoms with Gasteiger partial charge in [-0.3, -0.25) is 4.79 Å². The van der Waals surface area contributed by atoms with Gasteiger partial charge >= 0.3 is 5.97 Å². The number of hydrogen-bond acceptors (Lipinski definition) is 3. The minimum absolute atomic E-state index is 0.0384. The predicted molar refractivity (Wildman–Crippen MR) is 85.9 cm³/mol. The van der Waals surface area contributed by atoms with Gasteiger partial charge in [0.15, 0.2) is 6.10 Å². The first kappa shape index (κ1) is 17.7. The summed E-state index contributed by atoms with van der Waals surface area (Å²) in [5.74, 6) is -1.68. The molecule has 1 aliphatic rings. The van der Waals surface area contributed by atoms with Crippen molar-refractivity contribution in [2.24, 2.45) is 5.92 Å². The van der Waals surface area contributed by atoms with Crippen molar-refractivity contribution >= 4 is 23.5 Å². The number of halogens is 2. The molecule has 0 spiro atoms. The molecule has 1 N–H and O–H groups in total. The Morgan fingerprint density at radius 1 is 1.35 bits per heavy atom. The minimum Gasteiger partial charge on any atom is -0.449 e. The van der Waals surface area contributed by atoms with Gasteiger partial charge in [-0.25, -0.2) is 9.18 Å². The third-order valence-corrected chi connectivity index (χ3v) is 4.57. The molecular formula is C17H21ClFNO3. The molecule has 0 bridgehead atoms. The maximum Gasteiger partial charge on any atom is 0.343 e. The summed E-state index contributed by atoms with van der Waals surface area (Å²) in [5, 5.41) is 2.87. The Morgan fingerprint density at radius 2 is 2.04 bits per heavy atom. The Hall–Kier alpha value is -1.62. The van der Waals surface area contributed by atoms with Crippen molar-refractivity contribution < 1.29 is 18.7 Å². The van der Waals surface area contributed by atoms with Gasteiger partial charge in [-0.2, -0.15) is 0 Å². The van der Waals surface area contributed by atoms with Crippen LogP contribution in [-0.2, 0) is 9.53 Å². The average Bonchev–Trinajstić information content (AvgIpc) is 2.49. The summed E-state index contributed by atoms with van der Waals surface area (Å²) >= 11 is 5.82. The zero-order valence-corrected chi connectivity index (χ0v) is 14.0. The normalized spacial score (nSPS) is 22.3. The summed E-state index contributed by atoms with van der Waals surface area (Å²) in [6.45, 7) is 3.56. The topological polar surface area (TPSA) is 55.4 Å². The summed E-state index contributed by atoms with van der Waals surface area (Å²) < 4.78 is 18.8. The van der Waals surface area contributed by atoms with E-state index in [4.69, 9.17) is 16.3 Å². The highest BCUT2D eigenvalue weighted by molar-refractivity contribution is 6.33. The molecule has 6 heteroatoms. The maximum absolute atomic E-state index is 13.7. The van der Waals surface area contributed by atoms with Crippen molar-refractivity contribution in [2.75, 3.05) is 0 Å². The van der Waals surface area contributed by atoms with Gasteiger partial charge in [-0.1, -0.05) is 37.4 Å². The molecule has 3 atom stereocenters. The number of carbonyl (C=O) groups is 2. The zero-order valence-electron chi connectivity index (χ0n) is 13.3. The molecule has 23 heavy (non-hydrogen) atoms. The first-order chi connectivity index (χ1) is 10.9. The van der Waals surface area contributed by atoms with Gasteiger partial charge < -0.3 is 10.1 Å². The second-order valence-corrected chi connectivity index (χ2v) is 6.43. The van der Waals surface area contributed by atoms with E-state index in [1.165, 1.54) is 25.5 Å². The molecule has 0 unspecified atom stereocenters. The van der Waals surface area contributed by atoms with Crippen molar-refractivity contribution in [2.45, 2.75) is 51.7 Å². The standard InChI is InChI=1S/C17H21ClFNO3/c1-10-6-3-4-9-14(10)20-16(21)11(2)23-17(22)15-12(18)7-5-8-13(15)19/h5,7-8,10-11,14H,3-4,6,9H2,1-2H3,(H,20,21)/t10-,11-,14+/m1/s1. The molecule has 1 aliphatic carbocycles. The number of carbonyl (C=O) groups excluding carboxylic acids is 2. The van der Waals surface area contributed by atoms with Crippen LogP contribution in [0, 0.1) is 11.7 Å². The van der Waals surface area contributed by atoms with E-state index in [0.717, 1.165) is 25.3 Å². The van der Waals surface area contributed by atoms with Crippen LogP contribution in [-0.4, -0.2) is 24.0 Å². The predicted octanol–water partition coefficient (Wildman–Crippen LogP) is 3.72. The second kappa shape index (κ2) is 7.77. The largest absolute Gasteiger partial charge is 0.449 e. The zero-order chi connectivity index (χ0) is 17.0. The Labute approximate surface area is 140 Å². The Balaban J connectivity index is 1.96. The lowest BCUT2D eigenvalue weighted by Crippen LogP contribution is -2.46. The average molecular weight is 342 g/mol. The number of amides is 1. The molecule has 0 aromatic heterocycles. The van der Waals surface area contributed by atoms with Crippen LogP contribution in [0.3, 0.4) is 0 Å². The fraction of sp³-hybridized carbons (Fsp3) is 0.529. The molecule has 1 aromatic rings. The van der Waals surface area contributed by atoms with Crippen LogP contribution in [0.1, 0.15) is 49.9 Å². The highest BCUT2D eigenvalue weighted by atomic mass is 35.5. The van der Waals surface area contributed by atoms with Crippen LogP contribution in [0.15, 0.2) is 18.2 Å². The van der Waals surface area contributed by atoms with Crippen LogP contribution >= 0.6 is 11.6 Å². The Bertz CT molecular complexity index is 573. The molecule has 1 aromatic carbocycles. The van der Waals surface area contributed by atoms with E-state index in [9.17, 15) is 14.0 Å². The quantitative estimate of drug-likeness (QED) is 0.849. The maximum atomic E-state index is 13.7. The first-order valence-electron chi connectivity index (χ1n) is 7.85. The lowest BCUT2D eigenvalue weighted by molar-refractivity contribution is -0.130. The monoisotopic (exact) mass is 341 g/mol. The molecule has 1 saturated carbocycles. The van der Waals surface area contributed by atoms with Crippen LogP contribution in [0.2, 0.25) is 5.02 Å². The number of esters is 1. The van der Waals surface area contributed by atoms with Crippen LogP contribution in [0.25, 0.3) is 0 Å². The van der Waals surface area contributed by atoms with Gasteiger partial charge in [0, 0.05) is 6.04 Å². The number of nitrogens with one attached hydrogen (secondary N) is 1. The van der Waals surface area contributed by atoms with Gasteiger partial charge in [0.2, 0.25) is 0 Å². The van der Waals surface area contributed by atoms with E-state index in [-0.39, 0.29) is 22.5 Å². The number of hydrogen-bond donors (Lipinski definition) is 1. The fourth-order valence-electron chi connectivity index (χ4n) is 2.80. The van der Waals surface area contributed by atoms with E-state index in [2.05, 4.69) is 12.2 Å². The fourth-order valence-corrected chi connectivity index (χ4v) is 3.04. The van der Waals surface area contributed by atoms with Gasteiger partial charge in [0.05, 0.1) is 5.02 Å². The molecule has 0 saturated heterocycles. The molecule has 0 aliphatic heterocycles. The molecule has 0 heterocycles. The molecule has 1 amide bonds. The van der Waals surface area contributed by atoms with Gasteiger partial charge in [0.25, 0.3) is 5.91 Å². The van der Waals surface area contributed by atoms with E-state index < -0.39 is 17.9 Å². The van der Waals surface area contributed by atoms with Crippen molar-refractivity contribution in [1.29, 1.82) is 0 Å². The van der Waals surface area contributed by atoms with Gasteiger partial charge in [-0.05, 0) is 37.8 Å². The highest BCUT2D eigenvalue weighted by Gasteiger charge is 2.27. The summed E-state index contributed by atoms with van der Waals surface area (Å²) in [5.41, 5.74) is -0.347. The van der Waals surface area contributed by atoms with E-state index in [1.807, 2.05) is 0 Å². The Kier molecular flexibility index (Phi) is 5.99. The summed E-state index contributed by atoms with van der Waals surface area (Å²) in [4.78, 5) is 24.2. The lowest BCUT2D eigenvalue weighted by Gasteiger charge is -2.30. The number of benzene rings is 1. The first-order valence-corrected chi connectivity index (χ1v) is 8.23. The molecular weight excluding hydrogens is 321 g/mol. The van der Waals surface area contributed by atoms with Crippen molar-refractivity contribution in [1.82, 2.24) is 5.32 Å². The lowest BCUT2D eigenvalue weighted by atomic mass is 9.86. The minimum atomic E-state index is -1.01. The SMILES string of the molecule is C[C@@H]1CCCC[C@@H]1NC(=O)[C@@H](C)OC(=O)c1c(F)cccc1Cl. The molecule has 1 fully saturated rings. The third-order valence-electron chi connectivity index (χ3n) is 4.26. The second-order valence-electron chi connectivity index (χ2n) is 6.02. The van der Waals surface area contributed by atoms with Crippen LogP contribution < -0.4 is 5.32 Å². The molecule has 2 rings (SSSR count). The number of rotatable bonds is 4. The third kappa shape index (κ3) is 4.44. The van der Waals surface area contributed by atoms with Crippen LogP contribution in [0.5, 0.6) is 0 Å². The molecule has 4 nitrogen and oxygen atoms in total. The van der Waals surface area contributed by atoms with E-state index >= 15 is 0 Å². The van der Waals surface area contributed by atoms with Gasteiger partial charge in [-0.15, -0.1) is 0 Å².